The molecular weight excluding hydrogens is 329 g/mol. The normalized spacial score (nSPS) is 11.0. The van der Waals surface area contributed by atoms with Crippen molar-refractivity contribution in [2.45, 2.75) is 25.4 Å². The van der Waals surface area contributed by atoms with Crippen LogP contribution in [0.3, 0.4) is 0 Å². The van der Waals surface area contributed by atoms with Gasteiger partial charge in [-0.05, 0) is 38.3 Å². The van der Waals surface area contributed by atoms with Gasteiger partial charge in [0.15, 0.2) is 0 Å². The van der Waals surface area contributed by atoms with Crippen LogP contribution in [0.5, 0.6) is 0 Å². The summed E-state index contributed by atoms with van der Waals surface area (Å²) in [5.41, 5.74) is 2.76. The van der Waals surface area contributed by atoms with E-state index in [0.717, 1.165) is 17.0 Å². The topological polar surface area (TPSA) is 72.2 Å². The number of rotatable bonds is 4. The lowest BCUT2D eigenvalue weighted by Crippen LogP contribution is -2.17. The van der Waals surface area contributed by atoms with Gasteiger partial charge in [0.25, 0.3) is 5.78 Å². The van der Waals surface area contributed by atoms with Gasteiger partial charge in [0.05, 0.1) is 6.42 Å². The molecule has 0 spiro atoms. The minimum Gasteiger partial charge on any atom is -0.326 e. The molecule has 0 radical (unpaired) electrons. The van der Waals surface area contributed by atoms with Crippen molar-refractivity contribution >= 4 is 29.1 Å². The van der Waals surface area contributed by atoms with E-state index in [4.69, 9.17) is 0 Å². The van der Waals surface area contributed by atoms with Gasteiger partial charge in [-0.3, -0.25) is 4.79 Å². The molecule has 0 atom stereocenters. The van der Waals surface area contributed by atoms with Crippen LogP contribution in [0.15, 0.2) is 29.4 Å². The molecule has 24 heavy (non-hydrogen) atoms. The minimum atomic E-state index is -0.393. The third-order valence-electron chi connectivity index (χ3n) is 3.66. The molecule has 3 aromatic rings. The van der Waals surface area contributed by atoms with Crippen LogP contribution in [0.25, 0.3) is 5.78 Å². The molecule has 1 N–H and O–H groups in total. The summed E-state index contributed by atoms with van der Waals surface area (Å²) in [5.74, 6) is -0.114. The van der Waals surface area contributed by atoms with Crippen LogP contribution < -0.4 is 5.32 Å². The van der Waals surface area contributed by atoms with Gasteiger partial charge in [-0.1, -0.05) is 17.8 Å². The van der Waals surface area contributed by atoms with E-state index in [-0.39, 0.29) is 12.3 Å². The van der Waals surface area contributed by atoms with E-state index in [9.17, 15) is 9.18 Å². The number of nitrogens with zero attached hydrogens (tertiary/aromatic N) is 4. The van der Waals surface area contributed by atoms with Crippen LogP contribution in [0.1, 0.15) is 17.0 Å². The number of hydrogen-bond donors (Lipinski definition) is 1. The van der Waals surface area contributed by atoms with E-state index in [2.05, 4.69) is 20.4 Å². The van der Waals surface area contributed by atoms with Crippen LogP contribution in [0.4, 0.5) is 10.1 Å². The van der Waals surface area contributed by atoms with Crippen molar-refractivity contribution in [3.8, 4) is 0 Å². The van der Waals surface area contributed by atoms with Crippen molar-refractivity contribution in [1.29, 1.82) is 0 Å². The third-order valence-corrected chi connectivity index (χ3v) is 4.20. The van der Waals surface area contributed by atoms with Gasteiger partial charge in [-0.2, -0.15) is 4.98 Å². The lowest BCUT2D eigenvalue weighted by atomic mass is 10.1. The number of anilines is 1. The Morgan fingerprint density at radius 3 is 2.83 bits per heavy atom. The Hall–Kier alpha value is -2.48. The first-order valence-corrected chi connectivity index (χ1v) is 8.52. The Labute approximate surface area is 142 Å². The smallest absolute Gasteiger partial charge is 0.253 e. The largest absolute Gasteiger partial charge is 0.326 e. The molecule has 0 saturated heterocycles. The highest BCUT2D eigenvalue weighted by atomic mass is 32.2. The zero-order chi connectivity index (χ0) is 17.3. The van der Waals surface area contributed by atoms with E-state index in [1.54, 1.807) is 16.6 Å². The van der Waals surface area contributed by atoms with Crippen molar-refractivity contribution in [3.63, 3.8) is 0 Å². The summed E-state index contributed by atoms with van der Waals surface area (Å²) in [4.78, 5) is 21.0. The Kier molecular flexibility index (Phi) is 4.48. The zero-order valence-corrected chi connectivity index (χ0v) is 14.3. The van der Waals surface area contributed by atoms with Gasteiger partial charge < -0.3 is 5.32 Å². The Bertz CT molecular complexity index is 924. The number of carbonyl (C=O) groups excluding carboxylic acids is 1. The number of amides is 1. The minimum absolute atomic E-state index is 0.131. The second-order valence-electron chi connectivity index (χ2n) is 5.31. The van der Waals surface area contributed by atoms with Crippen LogP contribution >= 0.6 is 11.8 Å². The van der Waals surface area contributed by atoms with E-state index >= 15 is 0 Å². The highest BCUT2D eigenvalue weighted by molar-refractivity contribution is 7.98. The molecule has 0 aliphatic rings. The van der Waals surface area contributed by atoms with Crippen molar-refractivity contribution in [2.75, 3.05) is 11.6 Å². The standard InChI is InChI=1S/C16H16FN5OS/c1-9-13(8-14(23)19-12-6-4-5-11(17)7-12)10(2)22-15(18-9)20-16(21-22)24-3/h4-7H,8H2,1-3H3,(H,19,23). The average Bonchev–Trinajstić information content (AvgIpc) is 2.94. The summed E-state index contributed by atoms with van der Waals surface area (Å²) in [6.07, 6.45) is 2.02. The Morgan fingerprint density at radius 2 is 2.12 bits per heavy atom. The fraction of sp³-hybridized carbons (Fsp3) is 0.250. The molecule has 0 aliphatic carbocycles. The lowest BCUT2D eigenvalue weighted by molar-refractivity contribution is -0.115. The highest BCUT2D eigenvalue weighted by Crippen LogP contribution is 2.18. The van der Waals surface area contributed by atoms with Gasteiger partial charge >= 0.3 is 0 Å². The second kappa shape index (κ2) is 6.56. The lowest BCUT2D eigenvalue weighted by Gasteiger charge is -2.10. The van der Waals surface area contributed by atoms with E-state index < -0.39 is 5.82 Å². The van der Waals surface area contributed by atoms with Gasteiger partial charge in [-0.15, -0.1) is 5.10 Å². The van der Waals surface area contributed by atoms with Crippen molar-refractivity contribution in [1.82, 2.24) is 19.6 Å². The van der Waals surface area contributed by atoms with Gasteiger partial charge in [0.1, 0.15) is 5.82 Å². The summed E-state index contributed by atoms with van der Waals surface area (Å²) >= 11 is 1.43. The number of benzene rings is 1. The van der Waals surface area contributed by atoms with Crippen molar-refractivity contribution < 1.29 is 9.18 Å². The van der Waals surface area contributed by atoms with Crippen LogP contribution in [-0.2, 0) is 11.2 Å². The number of thioether (sulfide) groups is 1. The van der Waals surface area contributed by atoms with E-state index in [1.807, 2.05) is 20.1 Å². The summed E-state index contributed by atoms with van der Waals surface area (Å²) in [6, 6.07) is 5.80. The molecule has 3 rings (SSSR count). The van der Waals surface area contributed by atoms with Crippen molar-refractivity contribution in [3.05, 3.63) is 47.0 Å². The Morgan fingerprint density at radius 1 is 1.33 bits per heavy atom. The first-order chi connectivity index (χ1) is 11.5. The molecule has 8 heteroatoms. The van der Waals surface area contributed by atoms with Crippen LogP contribution in [-0.4, -0.2) is 31.7 Å². The van der Waals surface area contributed by atoms with Gasteiger partial charge in [-0.25, -0.2) is 13.9 Å². The zero-order valence-electron chi connectivity index (χ0n) is 13.5. The van der Waals surface area contributed by atoms with Crippen molar-refractivity contribution in [2.24, 2.45) is 0 Å². The molecule has 124 valence electrons. The third kappa shape index (κ3) is 3.23. The molecule has 0 bridgehead atoms. The molecule has 0 saturated carbocycles. The van der Waals surface area contributed by atoms with E-state index in [1.165, 1.54) is 23.9 Å². The monoisotopic (exact) mass is 345 g/mol. The molecule has 1 amide bonds. The predicted molar refractivity (Wildman–Crippen MR) is 90.8 cm³/mol. The summed E-state index contributed by atoms with van der Waals surface area (Å²) in [5, 5.41) is 7.68. The Balaban J connectivity index is 1.87. The number of halogens is 1. The molecular formula is C16H16FN5OS. The number of aryl methyl sites for hydroxylation is 2. The molecule has 0 unspecified atom stereocenters. The average molecular weight is 345 g/mol. The predicted octanol–water partition coefficient (Wildman–Crippen LogP) is 2.78. The van der Waals surface area contributed by atoms with E-state index in [0.29, 0.717) is 16.6 Å². The van der Waals surface area contributed by atoms with Crippen LogP contribution in [0, 0.1) is 19.7 Å². The fourth-order valence-electron chi connectivity index (χ4n) is 2.46. The molecule has 0 aliphatic heterocycles. The summed E-state index contributed by atoms with van der Waals surface area (Å²) in [6.45, 7) is 3.72. The SMILES string of the molecule is CSc1nc2nc(C)c(CC(=O)Nc3cccc(F)c3)c(C)n2n1. The highest BCUT2D eigenvalue weighted by Gasteiger charge is 2.16. The van der Waals surface area contributed by atoms with Gasteiger partial charge in [0, 0.05) is 22.6 Å². The molecule has 2 heterocycles. The maximum atomic E-state index is 13.2. The quantitative estimate of drug-likeness (QED) is 0.736. The number of carbonyl (C=O) groups is 1. The molecule has 1 aromatic carbocycles. The molecule has 6 nitrogen and oxygen atoms in total. The maximum Gasteiger partial charge on any atom is 0.253 e. The summed E-state index contributed by atoms with van der Waals surface area (Å²) in [7, 11) is 0. The number of fused-ring (bicyclic) bond motifs is 1. The molecule has 0 fully saturated rings. The first-order valence-electron chi connectivity index (χ1n) is 7.30. The van der Waals surface area contributed by atoms with Gasteiger partial charge in [0.2, 0.25) is 11.1 Å². The maximum absolute atomic E-state index is 13.2. The number of nitrogens with one attached hydrogen (secondary N) is 1. The fourth-order valence-corrected chi connectivity index (χ4v) is 2.80. The van der Waals surface area contributed by atoms with Crippen LogP contribution in [0.2, 0.25) is 0 Å². The number of hydrogen-bond acceptors (Lipinski definition) is 5. The molecule has 2 aromatic heterocycles. The number of aromatic nitrogens is 4. The second-order valence-corrected chi connectivity index (χ2v) is 6.08. The first kappa shape index (κ1) is 16.4. The summed E-state index contributed by atoms with van der Waals surface area (Å²) < 4.78 is 14.8.